The van der Waals surface area contributed by atoms with Crippen molar-refractivity contribution in [2.75, 3.05) is 19.6 Å². The van der Waals surface area contributed by atoms with Gasteiger partial charge < -0.3 is 15.3 Å². The van der Waals surface area contributed by atoms with Crippen molar-refractivity contribution >= 4 is 11.9 Å². The molecule has 0 radical (unpaired) electrons. The van der Waals surface area contributed by atoms with Crippen molar-refractivity contribution in [3.8, 4) is 0 Å². The van der Waals surface area contributed by atoms with Crippen molar-refractivity contribution in [3.05, 3.63) is 0 Å². The van der Waals surface area contributed by atoms with Crippen LogP contribution in [0.1, 0.15) is 26.2 Å². The zero-order valence-corrected chi connectivity index (χ0v) is 9.03. The van der Waals surface area contributed by atoms with Crippen LogP contribution >= 0.6 is 0 Å². The number of rotatable bonds is 5. The number of nitrogens with zero attached hydrogens (tertiary/aromatic N) is 1. The van der Waals surface area contributed by atoms with E-state index in [0.717, 1.165) is 19.4 Å². The number of hydrogen-bond acceptors (Lipinski definition) is 3. The van der Waals surface area contributed by atoms with Gasteiger partial charge in [0.25, 0.3) is 0 Å². The molecule has 15 heavy (non-hydrogen) atoms. The highest BCUT2D eigenvalue weighted by atomic mass is 16.4. The number of amides is 1. The average molecular weight is 214 g/mol. The smallest absolute Gasteiger partial charge is 0.323 e. The maximum absolute atomic E-state index is 11.7. The molecule has 1 unspecified atom stereocenters. The van der Waals surface area contributed by atoms with Gasteiger partial charge in [0, 0.05) is 19.0 Å². The van der Waals surface area contributed by atoms with Crippen molar-refractivity contribution in [2.24, 2.45) is 0 Å². The van der Waals surface area contributed by atoms with Crippen LogP contribution in [-0.4, -0.2) is 47.6 Å². The summed E-state index contributed by atoms with van der Waals surface area (Å²) >= 11 is 0. The molecule has 1 heterocycles. The van der Waals surface area contributed by atoms with E-state index in [1.54, 1.807) is 6.92 Å². The highest BCUT2D eigenvalue weighted by Gasteiger charge is 2.21. The molecule has 5 heteroatoms. The van der Waals surface area contributed by atoms with Gasteiger partial charge in [0.15, 0.2) is 0 Å². The van der Waals surface area contributed by atoms with Crippen LogP contribution in [-0.2, 0) is 9.59 Å². The Balaban J connectivity index is 2.38. The van der Waals surface area contributed by atoms with E-state index in [1.807, 2.05) is 0 Å². The quantitative estimate of drug-likeness (QED) is 0.679. The minimum atomic E-state index is -0.954. The van der Waals surface area contributed by atoms with Crippen LogP contribution in [0.3, 0.4) is 0 Å². The molecule has 0 aromatic rings. The van der Waals surface area contributed by atoms with Gasteiger partial charge in [-0.1, -0.05) is 0 Å². The summed E-state index contributed by atoms with van der Waals surface area (Å²) in [6.07, 6.45) is 2.53. The van der Waals surface area contributed by atoms with Crippen LogP contribution in [0.4, 0.5) is 0 Å². The van der Waals surface area contributed by atoms with Crippen LogP contribution in [0.15, 0.2) is 0 Å². The van der Waals surface area contributed by atoms with E-state index in [2.05, 4.69) is 5.32 Å². The van der Waals surface area contributed by atoms with Crippen LogP contribution in [0.2, 0.25) is 0 Å². The second-order valence-electron chi connectivity index (χ2n) is 3.80. The minimum absolute atomic E-state index is 0.0701. The third kappa shape index (κ3) is 3.87. The van der Waals surface area contributed by atoms with Crippen LogP contribution in [0.25, 0.3) is 0 Å². The minimum Gasteiger partial charge on any atom is -0.480 e. The maximum Gasteiger partial charge on any atom is 0.323 e. The zero-order chi connectivity index (χ0) is 11.3. The molecule has 86 valence electrons. The average Bonchev–Trinajstić information content (AvgIpc) is 2.66. The number of carboxylic acids is 1. The lowest BCUT2D eigenvalue weighted by atomic mass is 10.1. The number of carbonyl (C=O) groups is 2. The molecule has 1 atom stereocenters. The second kappa shape index (κ2) is 5.70. The lowest BCUT2D eigenvalue weighted by Gasteiger charge is -2.20. The Morgan fingerprint density at radius 3 is 2.73 bits per heavy atom. The van der Waals surface area contributed by atoms with Crippen LogP contribution in [0.5, 0.6) is 0 Å². The first-order valence-corrected chi connectivity index (χ1v) is 5.36. The predicted molar refractivity (Wildman–Crippen MR) is 55.5 cm³/mol. The topological polar surface area (TPSA) is 69.6 Å². The van der Waals surface area contributed by atoms with Gasteiger partial charge in [0.2, 0.25) is 5.91 Å². The van der Waals surface area contributed by atoms with E-state index < -0.39 is 5.97 Å². The summed E-state index contributed by atoms with van der Waals surface area (Å²) in [6, 6.07) is 0.236. The number of nitrogens with one attached hydrogen (secondary N) is 1. The number of carbonyl (C=O) groups excluding carboxylic acids is 1. The largest absolute Gasteiger partial charge is 0.480 e. The van der Waals surface area contributed by atoms with E-state index in [1.165, 1.54) is 4.90 Å². The first-order valence-electron chi connectivity index (χ1n) is 5.36. The summed E-state index contributed by atoms with van der Waals surface area (Å²) < 4.78 is 0. The number of carboxylic acid groups (broad SMARTS) is 1. The molecular formula is C10H18N2O3. The van der Waals surface area contributed by atoms with Gasteiger partial charge >= 0.3 is 5.97 Å². The summed E-state index contributed by atoms with van der Waals surface area (Å²) in [4.78, 5) is 23.6. The Kier molecular flexibility index (Phi) is 4.55. The summed E-state index contributed by atoms with van der Waals surface area (Å²) in [5.41, 5.74) is 0. The molecule has 2 N–H and O–H groups in total. The van der Waals surface area contributed by atoms with E-state index in [-0.39, 0.29) is 18.5 Å². The first-order chi connectivity index (χ1) is 7.13. The van der Waals surface area contributed by atoms with E-state index in [9.17, 15) is 9.59 Å². The third-order valence-corrected chi connectivity index (χ3v) is 2.64. The van der Waals surface area contributed by atoms with Crippen molar-refractivity contribution in [1.82, 2.24) is 10.2 Å². The van der Waals surface area contributed by atoms with Gasteiger partial charge in [-0.2, -0.15) is 0 Å². The van der Waals surface area contributed by atoms with Crippen LogP contribution in [0, 0.1) is 0 Å². The van der Waals surface area contributed by atoms with Crippen LogP contribution < -0.4 is 5.32 Å². The number of hydrogen-bond donors (Lipinski definition) is 2. The van der Waals surface area contributed by atoms with E-state index in [4.69, 9.17) is 5.11 Å². The molecule has 0 saturated carbocycles. The molecule has 1 rings (SSSR count). The van der Waals surface area contributed by atoms with Crippen molar-refractivity contribution in [3.63, 3.8) is 0 Å². The molecule has 0 aromatic heterocycles. The molecule has 5 nitrogen and oxygen atoms in total. The molecule has 1 fully saturated rings. The molecule has 1 amide bonds. The summed E-state index contributed by atoms with van der Waals surface area (Å²) in [5.74, 6) is -1.02. The molecule has 0 spiro atoms. The first kappa shape index (κ1) is 12.0. The highest BCUT2D eigenvalue weighted by molar-refractivity contribution is 5.81. The van der Waals surface area contributed by atoms with Gasteiger partial charge in [-0.25, -0.2) is 0 Å². The Morgan fingerprint density at radius 1 is 1.53 bits per heavy atom. The van der Waals surface area contributed by atoms with E-state index in [0.29, 0.717) is 13.0 Å². The van der Waals surface area contributed by atoms with Gasteiger partial charge in [-0.3, -0.25) is 9.59 Å². The standard InChI is InChI=1S/C10H18N2O3/c1-2-12(7-10(14)15)9(13)6-8-4-3-5-11-8/h8,11H,2-7H2,1H3,(H,14,15). The molecule has 0 bridgehead atoms. The Morgan fingerprint density at radius 2 is 2.27 bits per heavy atom. The lowest BCUT2D eigenvalue weighted by Crippen LogP contribution is -2.38. The fraction of sp³-hybridized carbons (Fsp3) is 0.800. The van der Waals surface area contributed by atoms with Crippen molar-refractivity contribution in [2.45, 2.75) is 32.2 Å². The summed E-state index contributed by atoms with van der Waals surface area (Å²) in [7, 11) is 0. The lowest BCUT2D eigenvalue weighted by molar-refractivity contribution is -0.144. The Labute approximate surface area is 89.4 Å². The molecule has 1 saturated heterocycles. The number of likely N-dealkylation sites (N-methyl/N-ethyl adjacent to an activating group) is 1. The number of aliphatic carboxylic acids is 1. The summed E-state index contributed by atoms with van der Waals surface area (Å²) in [6.45, 7) is 3.02. The van der Waals surface area contributed by atoms with Gasteiger partial charge in [0.1, 0.15) is 6.54 Å². The Bertz CT molecular complexity index is 237. The molecule has 0 aromatic carbocycles. The third-order valence-electron chi connectivity index (χ3n) is 2.64. The molecule has 1 aliphatic rings. The summed E-state index contributed by atoms with van der Waals surface area (Å²) in [5, 5.41) is 11.8. The van der Waals surface area contributed by atoms with Gasteiger partial charge in [0.05, 0.1) is 0 Å². The van der Waals surface area contributed by atoms with Gasteiger partial charge in [-0.05, 0) is 26.3 Å². The fourth-order valence-corrected chi connectivity index (χ4v) is 1.81. The molecular weight excluding hydrogens is 196 g/mol. The zero-order valence-electron chi connectivity index (χ0n) is 9.03. The predicted octanol–water partition coefficient (Wildman–Crippen LogP) is 0.0616. The van der Waals surface area contributed by atoms with Crippen molar-refractivity contribution in [1.29, 1.82) is 0 Å². The maximum atomic E-state index is 11.7. The second-order valence-corrected chi connectivity index (χ2v) is 3.80. The van der Waals surface area contributed by atoms with E-state index >= 15 is 0 Å². The monoisotopic (exact) mass is 214 g/mol. The van der Waals surface area contributed by atoms with Gasteiger partial charge in [-0.15, -0.1) is 0 Å². The molecule has 1 aliphatic heterocycles. The fourth-order valence-electron chi connectivity index (χ4n) is 1.81. The normalized spacial score (nSPS) is 20.2. The Hall–Kier alpha value is -1.10. The highest BCUT2D eigenvalue weighted by Crippen LogP contribution is 2.10. The SMILES string of the molecule is CCN(CC(=O)O)C(=O)CC1CCCN1. The van der Waals surface area contributed by atoms with Crippen molar-refractivity contribution < 1.29 is 14.7 Å². The molecule has 0 aliphatic carbocycles.